The molecule has 1 aromatic carbocycles. The number of hydrogen-bond acceptors (Lipinski definition) is 5. The van der Waals surface area contributed by atoms with Crippen molar-refractivity contribution >= 4 is 33.3 Å². The van der Waals surface area contributed by atoms with Gasteiger partial charge in [0.05, 0.1) is 17.0 Å². The fourth-order valence-corrected chi connectivity index (χ4v) is 5.45. The van der Waals surface area contributed by atoms with Gasteiger partial charge in [0.25, 0.3) is 5.56 Å². The van der Waals surface area contributed by atoms with Crippen LogP contribution >= 0.6 is 23.1 Å². The van der Waals surface area contributed by atoms with Gasteiger partial charge in [-0.15, -0.1) is 11.3 Å². The van der Waals surface area contributed by atoms with Gasteiger partial charge in [0.15, 0.2) is 5.16 Å². The number of thiophene rings is 1. The van der Waals surface area contributed by atoms with Crippen LogP contribution in [0.15, 0.2) is 34.2 Å². The number of hydrogen-bond donors (Lipinski definition) is 0. The Labute approximate surface area is 154 Å². The molecule has 0 aliphatic heterocycles. The number of benzene rings is 1. The summed E-state index contributed by atoms with van der Waals surface area (Å²) in [5.74, 6) is 0.725. The van der Waals surface area contributed by atoms with Crippen molar-refractivity contribution in [1.29, 1.82) is 5.26 Å². The summed E-state index contributed by atoms with van der Waals surface area (Å²) in [7, 11) is 1.81. The van der Waals surface area contributed by atoms with Crippen molar-refractivity contribution in [3.8, 4) is 6.07 Å². The number of fused-ring (bicyclic) bond motifs is 3. The minimum absolute atomic E-state index is 0.0757. The van der Waals surface area contributed by atoms with Gasteiger partial charge in [-0.05, 0) is 48.9 Å². The Balaban J connectivity index is 1.66. The second kappa shape index (κ2) is 6.66. The molecule has 0 N–H and O–H groups in total. The van der Waals surface area contributed by atoms with E-state index in [2.05, 4.69) is 6.07 Å². The van der Waals surface area contributed by atoms with Gasteiger partial charge in [0, 0.05) is 17.7 Å². The van der Waals surface area contributed by atoms with Crippen LogP contribution in [0, 0.1) is 11.3 Å². The van der Waals surface area contributed by atoms with Crippen LogP contribution in [0.1, 0.15) is 34.4 Å². The fraction of sp³-hybridized carbons (Fsp3) is 0.316. The summed E-state index contributed by atoms with van der Waals surface area (Å²) in [4.78, 5) is 19.9. The van der Waals surface area contributed by atoms with Gasteiger partial charge >= 0.3 is 0 Å². The number of rotatable bonds is 3. The largest absolute Gasteiger partial charge is 0.290 e. The zero-order chi connectivity index (χ0) is 17.4. The van der Waals surface area contributed by atoms with E-state index in [0.29, 0.717) is 5.56 Å². The third kappa shape index (κ3) is 2.99. The summed E-state index contributed by atoms with van der Waals surface area (Å²) in [6.07, 6.45) is 4.45. The topological polar surface area (TPSA) is 58.7 Å². The predicted molar refractivity (Wildman–Crippen MR) is 102 cm³/mol. The first-order valence-corrected chi connectivity index (χ1v) is 10.1. The number of aryl methyl sites for hydroxylation is 2. The molecule has 4 rings (SSSR count). The van der Waals surface area contributed by atoms with Crippen molar-refractivity contribution in [2.45, 2.75) is 36.6 Å². The molecule has 1 aliphatic rings. The number of aromatic nitrogens is 2. The molecule has 1 aliphatic carbocycles. The second-order valence-corrected chi connectivity index (χ2v) is 8.27. The molecule has 4 nitrogen and oxygen atoms in total. The molecule has 0 bridgehead atoms. The minimum Gasteiger partial charge on any atom is -0.290 e. The van der Waals surface area contributed by atoms with E-state index in [9.17, 15) is 4.79 Å². The predicted octanol–water partition coefficient (Wildman–Crippen LogP) is 4.04. The first kappa shape index (κ1) is 16.4. The molecule has 0 atom stereocenters. The van der Waals surface area contributed by atoms with Crippen LogP contribution in [0.3, 0.4) is 0 Å². The molecule has 0 spiro atoms. The monoisotopic (exact) mass is 367 g/mol. The maximum absolute atomic E-state index is 12.9. The van der Waals surface area contributed by atoms with Crippen LogP contribution in [-0.2, 0) is 25.6 Å². The summed E-state index contributed by atoms with van der Waals surface area (Å²) >= 11 is 3.25. The Morgan fingerprint density at radius 1 is 1.28 bits per heavy atom. The van der Waals surface area contributed by atoms with Crippen LogP contribution in [0.4, 0.5) is 0 Å². The third-order valence-corrected chi connectivity index (χ3v) is 6.89. The van der Waals surface area contributed by atoms with Gasteiger partial charge in [-0.25, -0.2) is 4.98 Å². The molecule has 0 unspecified atom stereocenters. The lowest BCUT2D eigenvalue weighted by Crippen LogP contribution is -2.20. The maximum Gasteiger partial charge on any atom is 0.262 e. The van der Waals surface area contributed by atoms with Gasteiger partial charge in [-0.2, -0.15) is 5.26 Å². The molecule has 0 amide bonds. The molecule has 6 heteroatoms. The summed E-state index contributed by atoms with van der Waals surface area (Å²) in [6, 6.07) is 9.66. The molecule has 0 fully saturated rings. The Hall–Kier alpha value is -2.10. The van der Waals surface area contributed by atoms with Crippen molar-refractivity contribution in [3.05, 3.63) is 56.2 Å². The Kier molecular flexibility index (Phi) is 4.36. The smallest absolute Gasteiger partial charge is 0.262 e. The summed E-state index contributed by atoms with van der Waals surface area (Å²) in [5.41, 5.74) is 3.09. The zero-order valence-corrected chi connectivity index (χ0v) is 15.5. The summed E-state index contributed by atoms with van der Waals surface area (Å²) in [5, 5.41) is 10.5. The Bertz CT molecular complexity index is 1040. The average Bonchev–Trinajstić information content (AvgIpc) is 3.02. The SMILES string of the molecule is Cn1c(SCc2ccc(C#N)cc2)nc2sc3c(c2c1=O)CCCC3. The van der Waals surface area contributed by atoms with Gasteiger partial charge < -0.3 is 0 Å². The number of nitriles is 1. The van der Waals surface area contributed by atoms with Gasteiger partial charge in [0.1, 0.15) is 4.83 Å². The van der Waals surface area contributed by atoms with Crippen molar-refractivity contribution < 1.29 is 0 Å². The zero-order valence-electron chi connectivity index (χ0n) is 13.9. The maximum atomic E-state index is 12.9. The highest BCUT2D eigenvalue weighted by Crippen LogP contribution is 2.34. The van der Waals surface area contributed by atoms with Crippen molar-refractivity contribution in [2.24, 2.45) is 7.05 Å². The van der Waals surface area contributed by atoms with Crippen LogP contribution in [0.2, 0.25) is 0 Å². The first-order valence-electron chi connectivity index (χ1n) is 8.30. The third-order valence-electron chi connectivity index (χ3n) is 4.61. The second-order valence-electron chi connectivity index (χ2n) is 6.25. The van der Waals surface area contributed by atoms with Gasteiger partial charge in [-0.1, -0.05) is 23.9 Å². The number of nitrogens with zero attached hydrogens (tertiary/aromatic N) is 3. The minimum atomic E-state index is 0.0757. The van der Waals surface area contributed by atoms with E-state index in [1.54, 1.807) is 27.7 Å². The molecule has 3 aromatic rings. The van der Waals surface area contributed by atoms with E-state index < -0.39 is 0 Å². The first-order chi connectivity index (χ1) is 12.2. The average molecular weight is 367 g/mol. The summed E-state index contributed by atoms with van der Waals surface area (Å²) in [6.45, 7) is 0. The summed E-state index contributed by atoms with van der Waals surface area (Å²) < 4.78 is 1.68. The fourth-order valence-electron chi connectivity index (χ4n) is 3.22. The highest BCUT2D eigenvalue weighted by molar-refractivity contribution is 7.98. The molecule has 2 aromatic heterocycles. The molecule has 126 valence electrons. The van der Waals surface area contributed by atoms with Crippen molar-refractivity contribution in [3.63, 3.8) is 0 Å². The lowest BCUT2D eigenvalue weighted by Gasteiger charge is -2.11. The van der Waals surface area contributed by atoms with Crippen LogP contribution in [0.25, 0.3) is 10.2 Å². The molecular formula is C19H17N3OS2. The molecule has 25 heavy (non-hydrogen) atoms. The van der Waals surface area contributed by atoms with E-state index in [1.165, 1.54) is 16.9 Å². The van der Waals surface area contributed by atoms with Crippen LogP contribution in [-0.4, -0.2) is 9.55 Å². The van der Waals surface area contributed by atoms with Gasteiger partial charge in [0.2, 0.25) is 0 Å². The van der Waals surface area contributed by atoms with Gasteiger partial charge in [-0.3, -0.25) is 9.36 Å². The van der Waals surface area contributed by atoms with Crippen LogP contribution < -0.4 is 5.56 Å². The highest BCUT2D eigenvalue weighted by atomic mass is 32.2. The molecule has 0 saturated heterocycles. The lowest BCUT2D eigenvalue weighted by atomic mass is 9.97. The van der Waals surface area contributed by atoms with E-state index in [1.807, 2.05) is 31.3 Å². The van der Waals surface area contributed by atoms with E-state index >= 15 is 0 Å². The van der Waals surface area contributed by atoms with E-state index in [0.717, 1.165) is 46.0 Å². The molecular weight excluding hydrogens is 350 g/mol. The lowest BCUT2D eigenvalue weighted by molar-refractivity contribution is 0.695. The van der Waals surface area contributed by atoms with E-state index in [4.69, 9.17) is 10.2 Å². The van der Waals surface area contributed by atoms with Crippen molar-refractivity contribution in [1.82, 2.24) is 9.55 Å². The molecule has 0 radical (unpaired) electrons. The van der Waals surface area contributed by atoms with Crippen LogP contribution in [0.5, 0.6) is 0 Å². The molecule has 0 saturated carbocycles. The number of thioether (sulfide) groups is 1. The molecule has 2 heterocycles. The Morgan fingerprint density at radius 2 is 2.04 bits per heavy atom. The van der Waals surface area contributed by atoms with E-state index in [-0.39, 0.29) is 5.56 Å². The highest BCUT2D eigenvalue weighted by Gasteiger charge is 2.21. The van der Waals surface area contributed by atoms with Crippen molar-refractivity contribution in [2.75, 3.05) is 0 Å². The normalized spacial score (nSPS) is 13.6. The quantitative estimate of drug-likeness (QED) is 0.518. The standard InChI is InChI=1S/C19H17N3OS2/c1-22-18(23)16-14-4-2-3-5-15(14)25-17(16)21-19(22)24-11-13-8-6-12(10-20)7-9-13/h6-9H,2-5,11H2,1H3. The Morgan fingerprint density at radius 3 is 2.80 bits per heavy atom.